The molecule has 1 aliphatic rings. The first-order chi connectivity index (χ1) is 8.69. The minimum Gasteiger partial charge on any atom is -0.370 e. The van der Waals surface area contributed by atoms with Gasteiger partial charge in [0, 0.05) is 0 Å². The van der Waals surface area contributed by atoms with E-state index in [1.807, 2.05) is 0 Å². The van der Waals surface area contributed by atoms with Crippen LogP contribution in [0.5, 0.6) is 0 Å². The zero-order chi connectivity index (χ0) is 13.0. The van der Waals surface area contributed by atoms with Gasteiger partial charge < -0.3 is 11.1 Å². The van der Waals surface area contributed by atoms with E-state index >= 15 is 0 Å². The molecule has 1 unspecified atom stereocenters. The number of nitrogens with two attached hydrogens (primary N) is 1. The zero-order valence-corrected chi connectivity index (χ0v) is 10.1. The van der Waals surface area contributed by atoms with Crippen molar-refractivity contribution in [3.63, 3.8) is 0 Å². The van der Waals surface area contributed by atoms with Crippen LogP contribution in [0.1, 0.15) is 30.9 Å². The van der Waals surface area contributed by atoms with E-state index in [0.29, 0.717) is 12.0 Å². The van der Waals surface area contributed by atoms with Gasteiger partial charge in [0.05, 0.1) is 6.04 Å². The second-order valence-electron chi connectivity index (χ2n) is 4.39. The van der Waals surface area contributed by atoms with E-state index in [1.165, 1.54) is 18.6 Å². The molecule has 1 aliphatic carbocycles. The molecule has 1 aromatic carbocycles. The Bertz CT molecular complexity index is 469. The van der Waals surface area contributed by atoms with Gasteiger partial charge in [-0.1, -0.05) is 18.1 Å². The monoisotopic (exact) mass is 245 g/mol. The summed E-state index contributed by atoms with van der Waals surface area (Å²) in [4.78, 5) is 4.33. The predicted octanol–water partition coefficient (Wildman–Crippen LogP) is 1.96. The topological polar surface area (TPSA) is 50.4 Å². The van der Waals surface area contributed by atoms with Gasteiger partial charge in [0.1, 0.15) is 11.9 Å². The number of hydrogen-bond donors (Lipinski definition) is 2. The highest BCUT2D eigenvalue weighted by Crippen LogP contribution is 2.21. The number of benzene rings is 1. The van der Waals surface area contributed by atoms with Crippen LogP contribution in [0.15, 0.2) is 29.3 Å². The van der Waals surface area contributed by atoms with Crippen molar-refractivity contribution in [1.29, 1.82) is 0 Å². The van der Waals surface area contributed by atoms with E-state index in [9.17, 15) is 4.39 Å². The Labute approximate surface area is 106 Å². The van der Waals surface area contributed by atoms with Gasteiger partial charge in [0.2, 0.25) is 0 Å². The van der Waals surface area contributed by atoms with Crippen LogP contribution >= 0.6 is 0 Å². The van der Waals surface area contributed by atoms with Crippen molar-refractivity contribution >= 4 is 5.96 Å². The molecule has 0 radical (unpaired) electrons. The van der Waals surface area contributed by atoms with Gasteiger partial charge in [-0.15, -0.1) is 6.42 Å². The smallest absolute Gasteiger partial charge is 0.190 e. The average Bonchev–Trinajstić information content (AvgIpc) is 2.32. The minimum absolute atomic E-state index is 0.286. The van der Waals surface area contributed by atoms with Crippen molar-refractivity contribution in [1.82, 2.24) is 5.32 Å². The Kier molecular flexibility index (Phi) is 3.83. The van der Waals surface area contributed by atoms with Gasteiger partial charge in [-0.2, -0.15) is 0 Å². The van der Waals surface area contributed by atoms with Gasteiger partial charge in [-0.25, -0.2) is 4.39 Å². The Morgan fingerprint density at radius 2 is 2.11 bits per heavy atom. The van der Waals surface area contributed by atoms with Crippen molar-refractivity contribution in [2.45, 2.75) is 31.3 Å². The third kappa shape index (κ3) is 3.01. The van der Waals surface area contributed by atoms with Crippen LogP contribution in [-0.4, -0.2) is 12.0 Å². The molecule has 18 heavy (non-hydrogen) atoms. The number of halogens is 1. The summed E-state index contributed by atoms with van der Waals surface area (Å²) >= 11 is 0. The maximum atomic E-state index is 12.8. The van der Waals surface area contributed by atoms with E-state index < -0.39 is 0 Å². The van der Waals surface area contributed by atoms with Crippen LogP contribution in [0.25, 0.3) is 0 Å². The van der Waals surface area contributed by atoms with Crippen LogP contribution in [0.4, 0.5) is 4.39 Å². The molecule has 3 N–H and O–H groups in total. The average molecular weight is 245 g/mol. The minimum atomic E-state index is -0.380. The molecule has 4 heteroatoms. The van der Waals surface area contributed by atoms with Crippen molar-refractivity contribution in [3.05, 3.63) is 35.6 Å². The number of guanidine groups is 1. The lowest BCUT2D eigenvalue weighted by atomic mass is 9.94. The lowest BCUT2D eigenvalue weighted by molar-refractivity contribution is 0.418. The van der Waals surface area contributed by atoms with Crippen molar-refractivity contribution in [3.8, 4) is 12.3 Å². The summed E-state index contributed by atoms with van der Waals surface area (Å²) in [6, 6.07) is 5.98. The van der Waals surface area contributed by atoms with Gasteiger partial charge in [-0.05, 0) is 37.0 Å². The first kappa shape index (κ1) is 12.4. The number of aliphatic imine (C=N–C) groups is 1. The SMILES string of the molecule is C#CC(NC(N)=NC1CCC1)c1ccc(F)cc1. The summed E-state index contributed by atoms with van der Waals surface area (Å²) in [6.45, 7) is 0. The molecule has 0 spiro atoms. The lowest BCUT2D eigenvalue weighted by Gasteiger charge is -2.22. The maximum absolute atomic E-state index is 12.8. The summed E-state index contributed by atoms with van der Waals surface area (Å²) in [7, 11) is 0. The zero-order valence-electron chi connectivity index (χ0n) is 10.1. The summed E-state index contributed by atoms with van der Waals surface area (Å²) in [5.74, 6) is 2.65. The number of nitrogens with one attached hydrogen (secondary N) is 1. The normalized spacial score (nSPS) is 17.7. The number of rotatable bonds is 3. The second-order valence-corrected chi connectivity index (χ2v) is 4.39. The highest BCUT2D eigenvalue weighted by atomic mass is 19.1. The molecule has 1 saturated carbocycles. The lowest BCUT2D eigenvalue weighted by Crippen LogP contribution is -2.36. The Morgan fingerprint density at radius 3 is 2.61 bits per heavy atom. The van der Waals surface area contributed by atoms with Crippen LogP contribution in [-0.2, 0) is 0 Å². The van der Waals surface area contributed by atoms with Crippen molar-refractivity contribution in [2.24, 2.45) is 10.7 Å². The van der Waals surface area contributed by atoms with E-state index in [0.717, 1.165) is 18.4 Å². The molecule has 1 aromatic rings. The van der Waals surface area contributed by atoms with Crippen LogP contribution in [0.3, 0.4) is 0 Å². The first-order valence-corrected chi connectivity index (χ1v) is 6.00. The summed E-state index contributed by atoms with van der Waals surface area (Å²) in [5, 5.41) is 2.97. The summed E-state index contributed by atoms with van der Waals surface area (Å²) in [5.41, 5.74) is 6.59. The van der Waals surface area contributed by atoms with E-state index in [1.54, 1.807) is 12.1 Å². The molecule has 1 fully saturated rings. The van der Waals surface area contributed by atoms with Crippen molar-refractivity contribution in [2.75, 3.05) is 0 Å². The molecule has 0 saturated heterocycles. The van der Waals surface area contributed by atoms with E-state index in [-0.39, 0.29) is 11.9 Å². The molecule has 1 atom stereocenters. The standard InChI is InChI=1S/C14H16FN3/c1-2-13(10-6-8-11(15)9-7-10)18-14(16)17-12-4-3-5-12/h1,6-9,12-13H,3-5H2,(H3,16,17,18). The molecule has 0 heterocycles. The number of hydrogen-bond acceptors (Lipinski definition) is 1. The number of terminal acetylenes is 1. The maximum Gasteiger partial charge on any atom is 0.190 e. The van der Waals surface area contributed by atoms with Gasteiger partial charge in [-0.3, -0.25) is 4.99 Å². The fourth-order valence-electron chi connectivity index (χ4n) is 1.77. The first-order valence-electron chi connectivity index (χ1n) is 6.00. The second kappa shape index (κ2) is 5.54. The fraction of sp³-hybridized carbons (Fsp3) is 0.357. The Balaban J connectivity index is 2.03. The molecule has 0 aliphatic heterocycles. The molecule has 3 nitrogen and oxygen atoms in total. The summed E-state index contributed by atoms with van der Waals surface area (Å²) < 4.78 is 12.8. The Hall–Kier alpha value is -2.02. The van der Waals surface area contributed by atoms with Gasteiger partial charge >= 0.3 is 0 Å². The molecule has 0 aromatic heterocycles. The van der Waals surface area contributed by atoms with E-state index in [4.69, 9.17) is 12.2 Å². The predicted molar refractivity (Wildman–Crippen MR) is 70.4 cm³/mol. The number of nitrogens with zero attached hydrogens (tertiary/aromatic N) is 1. The fourth-order valence-corrected chi connectivity index (χ4v) is 1.77. The molecule has 0 bridgehead atoms. The van der Waals surface area contributed by atoms with Crippen molar-refractivity contribution < 1.29 is 4.39 Å². The molecular formula is C14H16FN3. The quantitative estimate of drug-likeness (QED) is 0.486. The van der Waals surface area contributed by atoms with Gasteiger partial charge in [0.15, 0.2) is 5.96 Å². The highest BCUT2D eigenvalue weighted by Gasteiger charge is 2.17. The largest absolute Gasteiger partial charge is 0.370 e. The molecular weight excluding hydrogens is 229 g/mol. The van der Waals surface area contributed by atoms with Crippen LogP contribution in [0, 0.1) is 18.2 Å². The Morgan fingerprint density at radius 1 is 1.44 bits per heavy atom. The van der Waals surface area contributed by atoms with Crippen LogP contribution < -0.4 is 11.1 Å². The van der Waals surface area contributed by atoms with Gasteiger partial charge in [0.25, 0.3) is 0 Å². The molecule has 0 amide bonds. The third-order valence-electron chi connectivity index (χ3n) is 3.06. The molecule has 94 valence electrons. The van der Waals surface area contributed by atoms with E-state index in [2.05, 4.69) is 16.2 Å². The highest BCUT2D eigenvalue weighted by molar-refractivity contribution is 5.79. The van der Waals surface area contributed by atoms with Crippen LogP contribution in [0.2, 0.25) is 0 Å². The summed E-state index contributed by atoms with van der Waals surface area (Å²) in [6.07, 6.45) is 8.82. The molecule has 2 rings (SSSR count). The third-order valence-corrected chi connectivity index (χ3v) is 3.06.